The Kier molecular flexibility index (Phi) is 6.34. The van der Waals surface area contributed by atoms with E-state index in [1.54, 1.807) is 19.1 Å². The Morgan fingerprint density at radius 2 is 2.09 bits per heavy atom. The summed E-state index contributed by atoms with van der Waals surface area (Å²) < 4.78 is 32.0. The molecule has 0 aliphatic carbocycles. The lowest BCUT2D eigenvalue weighted by Gasteiger charge is -2.25. The van der Waals surface area contributed by atoms with Crippen LogP contribution in [0.2, 0.25) is 0 Å². The zero-order valence-electron chi connectivity index (χ0n) is 13.4. The van der Waals surface area contributed by atoms with Crippen LogP contribution in [-0.2, 0) is 26.1 Å². The van der Waals surface area contributed by atoms with Gasteiger partial charge in [0, 0.05) is 23.5 Å². The number of nitrogens with one attached hydrogen (secondary N) is 1. The number of sulfonamides is 1. The Balaban J connectivity index is 2.00. The Morgan fingerprint density at radius 1 is 1.39 bits per heavy atom. The first-order valence-corrected chi connectivity index (χ1v) is 9.82. The summed E-state index contributed by atoms with van der Waals surface area (Å²) in [7, 11) is -3.46. The van der Waals surface area contributed by atoms with E-state index in [0.717, 1.165) is 11.3 Å². The molecule has 0 unspecified atom stereocenters. The number of hydrogen-bond acceptors (Lipinski definition) is 5. The van der Waals surface area contributed by atoms with Gasteiger partial charge in [0.15, 0.2) is 0 Å². The van der Waals surface area contributed by atoms with Crippen LogP contribution in [0.4, 0.5) is 0 Å². The van der Waals surface area contributed by atoms with Gasteiger partial charge in [-0.05, 0) is 25.5 Å². The fourth-order valence-corrected chi connectivity index (χ4v) is 5.07. The molecule has 8 heteroatoms. The molecule has 128 valence electrons. The minimum Gasteiger partial charge on any atom is -0.379 e. The summed E-state index contributed by atoms with van der Waals surface area (Å²) >= 11 is 1.20. The average molecular weight is 358 g/mol. The molecule has 0 atom stereocenters. The van der Waals surface area contributed by atoms with Gasteiger partial charge in [-0.2, -0.15) is 4.31 Å². The quantitative estimate of drug-likeness (QED) is 0.786. The smallest absolute Gasteiger partial charge is 0.252 e. The van der Waals surface area contributed by atoms with E-state index < -0.39 is 10.0 Å². The lowest BCUT2D eigenvalue weighted by atomic mass is 10.2. The van der Waals surface area contributed by atoms with Crippen molar-refractivity contribution < 1.29 is 17.9 Å². The Bertz CT molecular complexity index is 673. The van der Waals surface area contributed by atoms with Crippen molar-refractivity contribution in [1.29, 1.82) is 0 Å². The van der Waals surface area contributed by atoms with Crippen molar-refractivity contribution in [2.75, 3.05) is 26.3 Å². The monoisotopic (exact) mass is 358 g/mol. The van der Waals surface area contributed by atoms with Crippen LogP contribution in [0.1, 0.15) is 25.1 Å². The van der Waals surface area contributed by atoms with Gasteiger partial charge >= 0.3 is 0 Å². The van der Waals surface area contributed by atoms with Gasteiger partial charge in [0.25, 0.3) is 10.0 Å². The summed E-state index contributed by atoms with van der Waals surface area (Å²) in [6.45, 7) is 5.69. The summed E-state index contributed by atoms with van der Waals surface area (Å²) in [6.07, 6.45) is 2.66. The van der Waals surface area contributed by atoms with E-state index in [2.05, 4.69) is 5.32 Å². The second-order valence-corrected chi connectivity index (χ2v) is 8.55. The second kappa shape index (κ2) is 8.05. The van der Waals surface area contributed by atoms with Crippen molar-refractivity contribution in [3.05, 3.63) is 28.7 Å². The largest absolute Gasteiger partial charge is 0.379 e. The number of amides is 1. The van der Waals surface area contributed by atoms with Gasteiger partial charge < -0.3 is 10.1 Å². The van der Waals surface area contributed by atoms with Gasteiger partial charge in [0.2, 0.25) is 5.91 Å². The Morgan fingerprint density at radius 3 is 2.74 bits per heavy atom. The molecule has 2 rings (SSSR count). The minimum absolute atomic E-state index is 0.127. The number of rotatable bonds is 6. The third-order valence-corrected chi connectivity index (χ3v) is 6.94. The molecule has 1 fully saturated rings. The van der Waals surface area contributed by atoms with Crippen LogP contribution >= 0.6 is 11.3 Å². The molecule has 1 saturated heterocycles. The maximum Gasteiger partial charge on any atom is 0.252 e. The third-order valence-electron chi connectivity index (χ3n) is 3.49. The molecule has 2 heterocycles. The molecule has 1 aromatic heterocycles. The van der Waals surface area contributed by atoms with Crippen molar-refractivity contribution in [3.8, 4) is 0 Å². The zero-order valence-corrected chi connectivity index (χ0v) is 15.0. The molecule has 0 bridgehead atoms. The highest BCUT2D eigenvalue weighted by molar-refractivity contribution is 7.91. The van der Waals surface area contributed by atoms with Crippen molar-refractivity contribution in [3.63, 3.8) is 0 Å². The molecular formula is C15H22N2O4S2. The normalized spacial score (nSPS) is 17.2. The van der Waals surface area contributed by atoms with Crippen LogP contribution in [0.3, 0.4) is 0 Å². The standard InChI is InChI=1S/C15H22N2O4S2/c1-3-4-12(2)15(18)16-11-13-5-6-14(22-13)23(19,20)17-7-9-21-10-8-17/h4-6H,3,7-11H2,1-2H3,(H,16,18)/b12-4-. The van der Waals surface area contributed by atoms with E-state index in [1.165, 1.54) is 15.6 Å². The topological polar surface area (TPSA) is 75.7 Å². The van der Waals surface area contributed by atoms with E-state index in [4.69, 9.17) is 4.74 Å². The summed E-state index contributed by atoms with van der Waals surface area (Å²) in [5, 5.41) is 2.80. The van der Waals surface area contributed by atoms with Crippen LogP contribution in [0.5, 0.6) is 0 Å². The maximum atomic E-state index is 12.5. The Hall–Kier alpha value is -1.22. The molecular weight excluding hydrogens is 336 g/mol. The number of carbonyl (C=O) groups excluding carboxylic acids is 1. The maximum absolute atomic E-state index is 12.5. The van der Waals surface area contributed by atoms with Gasteiger partial charge in [-0.15, -0.1) is 11.3 Å². The molecule has 1 aromatic rings. The molecule has 1 aliphatic rings. The molecule has 0 spiro atoms. The SMILES string of the molecule is CC/C=C(/C)C(=O)NCc1ccc(S(=O)(=O)N2CCOCC2)s1. The molecule has 0 aromatic carbocycles. The molecule has 1 N–H and O–H groups in total. The highest BCUT2D eigenvalue weighted by Gasteiger charge is 2.27. The highest BCUT2D eigenvalue weighted by atomic mass is 32.2. The van der Waals surface area contributed by atoms with Gasteiger partial charge in [-0.25, -0.2) is 8.42 Å². The molecule has 23 heavy (non-hydrogen) atoms. The van der Waals surface area contributed by atoms with E-state index in [-0.39, 0.29) is 5.91 Å². The number of nitrogens with zero attached hydrogens (tertiary/aromatic N) is 1. The van der Waals surface area contributed by atoms with Crippen LogP contribution < -0.4 is 5.32 Å². The van der Waals surface area contributed by atoms with Crippen LogP contribution in [0.25, 0.3) is 0 Å². The van der Waals surface area contributed by atoms with Crippen molar-refractivity contribution in [2.45, 2.75) is 31.0 Å². The zero-order chi connectivity index (χ0) is 16.9. The predicted octanol–water partition coefficient (Wildman–Crippen LogP) is 1.74. The molecule has 1 aliphatic heterocycles. The number of carbonyl (C=O) groups is 1. The number of hydrogen-bond donors (Lipinski definition) is 1. The van der Waals surface area contributed by atoms with Crippen molar-refractivity contribution in [1.82, 2.24) is 9.62 Å². The van der Waals surface area contributed by atoms with Gasteiger partial charge in [0.1, 0.15) is 4.21 Å². The summed E-state index contributed by atoms with van der Waals surface area (Å²) in [6, 6.07) is 3.35. The van der Waals surface area contributed by atoms with Gasteiger partial charge in [-0.3, -0.25) is 4.79 Å². The number of allylic oxidation sites excluding steroid dienone is 1. The summed E-state index contributed by atoms with van der Waals surface area (Å²) in [5.74, 6) is -0.127. The third kappa shape index (κ3) is 4.63. The highest BCUT2D eigenvalue weighted by Crippen LogP contribution is 2.25. The summed E-state index contributed by atoms with van der Waals surface area (Å²) in [4.78, 5) is 12.7. The lowest BCUT2D eigenvalue weighted by molar-refractivity contribution is -0.117. The minimum atomic E-state index is -3.46. The first kappa shape index (κ1) is 18.1. The fourth-order valence-electron chi connectivity index (χ4n) is 2.21. The number of ether oxygens (including phenoxy) is 1. The molecule has 1 amide bonds. The van der Waals surface area contributed by atoms with Crippen LogP contribution in [-0.4, -0.2) is 44.9 Å². The number of morpholine rings is 1. The molecule has 0 radical (unpaired) electrons. The first-order chi connectivity index (χ1) is 10.9. The van der Waals surface area contributed by atoms with Crippen molar-refractivity contribution >= 4 is 27.3 Å². The Labute approximate surface area is 141 Å². The predicted molar refractivity (Wildman–Crippen MR) is 89.8 cm³/mol. The number of thiophene rings is 1. The molecule has 6 nitrogen and oxygen atoms in total. The lowest BCUT2D eigenvalue weighted by Crippen LogP contribution is -2.40. The van der Waals surface area contributed by atoms with Gasteiger partial charge in [0.05, 0.1) is 19.8 Å². The van der Waals surface area contributed by atoms with E-state index >= 15 is 0 Å². The van der Waals surface area contributed by atoms with E-state index in [9.17, 15) is 13.2 Å². The molecule has 0 saturated carbocycles. The average Bonchev–Trinajstić information content (AvgIpc) is 3.03. The van der Waals surface area contributed by atoms with E-state index in [1.807, 2.05) is 13.0 Å². The summed E-state index contributed by atoms with van der Waals surface area (Å²) in [5.41, 5.74) is 0.671. The second-order valence-electron chi connectivity index (χ2n) is 5.22. The van der Waals surface area contributed by atoms with Crippen LogP contribution in [0.15, 0.2) is 28.0 Å². The first-order valence-electron chi connectivity index (χ1n) is 7.56. The van der Waals surface area contributed by atoms with Gasteiger partial charge in [-0.1, -0.05) is 13.0 Å². The van der Waals surface area contributed by atoms with Crippen LogP contribution in [0, 0.1) is 0 Å². The van der Waals surface area contributed by atoms with Crippen molar-refractivity contribution in [2.24, 2.45) is 0 Å². The van der Waals surface area contributed by atoms with E-state index in [0.29, 0.717) is 42.6 Å². The fraction of sp³-hybridized carbons (Fsp3) is 0.533.